The molecule has 2 N–H and O–H groups in total. The van der Waals surface area contributed by atoms with Crippen molar-refractivity contribution < 1.29 is 9.50 Å². The molecule has 0 fully saturated rings. The molecule has 21 heavy (non-hydrogen) atoms. The summed E-state index contributed by atoms with van der Waals surface area (Å²) in [4.78, 5) is 1.19. The van der Waals surface area contributed by atoms with Gasteiger partial charge in [-0.3, -0.25) is 0 Å². The third-order valence-electron chi connectivity index (χ3n) is 3.21. The molecule has 0 radical (unpaired) electrons. The van der Waals surface area contributed by atoms with Crippen molar-refractivity contribution in [2.75, 3.05) is 5.32 Å². The summed E-state index contributed by atoms with van der Waals surface area (Å²) in [7, 11) is 0. The van der Waals surface area contributed by atoms with E-state index >= 15 is 0 Å². The lowest BCUT2D eigenvalue weighted by atomic mass is 10.1. The van der Waals surface area contributed by atoms with Crippen LogP contribution in [0.1, 0.15) is 5.56 Å². The Morgan fingerprint density at radius 3 is 2.67 bits per heavy atom. The van der Waals surface area contributed by atoms with Gasteiger partial charge in [-0.2, -0.15) is 0 Å². The van der Waals surface area contributed by atoms with Crippen LogP contribution in [-0.4, -0.2) is 5.11 Å². The Kier molecular flexibility index (Phi) is 3.88. The number of anilines is 1. The average molecular weight is 299 g/mol. The van der Waals surface area contributed by atoms with Crippen molar-refractivity contribution in [1.82, 2.24) is 0 Å². The number of benzene rings is 2. The molecule has 0 spiro atoms. The second kappa shape index (κ2) is 5.97. The van der Waals surface area contributed by atoms with Crippen molar-refractivity contribution in [1.29, 1.82) is 0 Å². The number of phenolic OH excluding ortho intramolecular Hbond substituents is 1. The van der Waals surface area contributed by atoms with Crippen LogP contribution in [-0.2, 0) is 6.54 Å². The fourth-order valence-electron chi connectivity index (χ4n) is 2.14. The summed E-state index contributed by atoms with van der Waals surface area (Å²) in [5.41, 5.74) is 2.92. The van der Waals surface area contributed by atoms with E-state index in [0.717, 1.165) is 16.8 Å². The van der Waals surface area contributed by atoms with Gasteiger partial charge in [-0.15, -0.1) is 11.3 Å². The molecule has 4 heteroatoms. The minimum Gasteiger partial charge on any atom is -0.505 e. The minimum atomic E-state index is -0.596. The molecule has 0 amide bonds. The van der Waals surface area contributed by atoms with Crippen molar-refractivity contribution in [2.24, 2.45) is 0 Å². The van der Waals surface area contributed by atoms with E-state index in [2.05, 4.69) is 17.4 Å². The van der Waals surface area contributed by atoms with Crippen LogP contribution in [0.25, 0.3) is 10.4 Å². The summed E-state index contributed by atoms with van der Waals surface area (Å²) in [5.74, 6) is -0.918. The van der Waals surface area contributed by atoms with Crippen LogP contribution in [0.5, 0.6) is 5.75 Å². The van der Waals surface area contributed by atoms with Gasteiger partial charge in [0.15, 0.2) is 11.6 Å². The highest BCUT2D eigenvalue weighted by atomic mass is 32.1. The number of aromatic hydroxyl groups is 1. The Morgan fingerprint density at radius 1 is 1.05 bits per heavy atom. The van der Waals surface area contributed by atoms with Gasteiger partial charge in [-0.1, -0.05) is 30.3 Å². The maximum Gasteiger partial charge on any atom is 0.165 e. The molecule has 1 aromatic heterocycles. The molecule has 0 saturated heterocycles. The van der Waals surface area contributed by atoms with Crippen molar-refractivity contribution in [2.45, 2.75) is 6.54 Å². The lowest BCUT2D eigenvalue weighted by molar-refractivity contribution is 0.432. The molecule has 0 atom stereocenters. The number of rotatable bonds is 4. The number of hydrogen-bond donors (Lipinski definition) is 2. The zero-order valence-corrected chi connectivity index (χ0v) is 12.0. The van der Waals surface area contributed by atoms with E-state index in [1.165, 1.54) is 17.0 Å². The maximum atomic E-state index is 13.3. The summed E-state index contributed by atoms with van der Waals surface area (Å²) < 4.78 is 13.3. The van der Waals surface area contributed by atoms with Gasteiger partial charge in [0, 0.05) is 22.7 Å². The van der Waals surface area contributed by atoms with E-state index in [9.17, 15) is 9.50 Å². The second-order valence-electron chi connectivity index (χ2n) is 4.66. The lowest BCUT2D eigenvalue weighted by Gasteiger charge is -2.11. The van der Waals surface area contributed by atoms with Crippen molar-refractivity contribution in [3.8, 4) is 16.2 Å². The highest BCUT2D eigenvalue weighted by Gasteiger charge is 2.06. The molecule has 0 aliphatic heterocycles. The predicted molar refractivity (Wildman–Crippen MR) is 85.1 cm³/mol. The molecule has 3 aromatic rings. The van der Waals surface area contributed by atoms with Gasteiger partial charge in [0.1, 0.15) is 0 Å². The number of thiophene rings is 1. The van der Waals surface area contributed by atoms with Crippen LogP contribution >= 0.6 is 11.3 Å². The van der Waals surface area contributed by atoms with Gasteiger partial charge in [0.2, 0.25) is 0 Å². The second-order valence-corrected chi connectivity index (χ2v) is 5.61. The van der Waals surface area contributed by atoms with Gasteiger partial charge < -0.3 is 10.4 Å². The maximum absolute atomic E-state index is 13.3. The SMILES string of the molecule is Oc1ccc(CNc2ccccc2-c2cccs2)cc1F. The highest BCUT2D eigenvalue weighted by Crippen LogP contribution is 2.31. The third-order valence-corrected chi connectivity index (χ3v) is 4.11. The Balaban J connectivity index is 1.81. The van der Waals surface area contributed by atoms with Crippen molar-refractivity contribution in [3.63, 3.8) is 0 Å². The van der Waals surface area contributed by atoms with E-state index in [-0.39, 0.29) is 5.75 Å². The van der Waals surface area contributed by atoms with Gasteiger partial charge >= 0.3 is 0 Å². The van der Waals surface area contributed by atoms with Crippen LogP contribution in [0.2, 0.25) is 0 Å². The first-order chi connectivity index (χ1) is 10.2. The molecule has 0 aliphatic carbocycles. The summed E-state index contributed by atoms with van der Waals surface area (Å²) in [6.45, 7) is 0.500. The average Bonchev–Trinajstić information content (AvgIpc) is 3.03. The summed E-state index contributed by atoms with van der Waals surface area (Å²) in [6, 6.07) is 16.6. The molecular formula is C17H14FNOS. The smallest absolute Gasteiger partial charge is 0.165 e. The minimum absolute atomic E-state index is 0.322. The van der Waals surface area contributed by atoms with E-state index in [1.807, 2.05) is 29.6 Å². The van der Waals surface area contributed by atoms with Crippen molar-refractivity contribution >= 4 is 17.0 Å². The number of halogens is 1. The number of nitrogens with one attached hydrogen (secondary N) is 1. The molecule has 0 aliphatic rings. The Morgan fingerprint density at radius 2 is 1.90 bits per heavy atom. The molecule has 1 heterocycles. The first kappa shape index (κ1) is 13.6. The van der Waals surface area contributed by atoms with E-state index in [0.29, 0.717) is 6.54 Å². The van der Waals surface area contributed by atoms with Crippen LogP contribution in [0.15, 0.2) is 60.0 Å². The van der Waals surface area contributed by atoms with E-state index in [1.54, 1.807) is 17.4 Å². The van der Waals surface area contributed by atoms with Crippen LogP contribution < -0.4 is 5.32 Å². The lowest BCUT2D eigenvalue weighted by Crippen LogP contribution is -2.01. The normalized spacial score (nSPS) is 10.5. The molecular weight excluding hydrogens is 285 g/mol. The quantitative estimate of drug-likeness (QED) is 0.720. The molecule has 2 nitrogen and oxygen atoms in total. The van der Waals surface area contributed by atoms with Gasteiger partial charge in [-0.25, -0.2) is 4.39 Å². The number of para-hydroxylation sites is 1. The first-order valence-corrected chi connectivity index (χ1v) is 7.46. The topological polar surface area (TPSA) is 32.3 Å². The molecule has 0 unspecified atom stereocenters. The molecule has 3 rings (SSSR count). The van der Waals surface area contributed by atoms with E-state index < -0.39 is 5.82 Å². The number of phenols is 1. The van der Waals surface area contributed by atoms with Crippen LogP contribution in [0.3, 0.4) is 0 Å². The van der Waals surface area contributed by atoms with Gasteiger partial charge in [-0.05, 0) is 35.2 Å². The van der Waals surface area contributed by atoms with Gasteiger partial charge in [0.05, 0.1) is 0 Å². The largest absolute Gasteiger partial charge is 0.505 e. The standard InChI is InChI=1S/C17H14FNOS/c18-14-10-12(7-8-16(14)20)11-19-15-5-2-1-4-13(15)17-6-3-9-21-17/h1-10,19-20H,11H2. The third kappa shape index (κ3) is 3.06. The fourth-order valence-corrected chi connectivity index (χ4v) is 2.91. The Bertz CT molecular complexity index is 740. The fraction of sp³-hybridized carbons (Fsp3) is 0.0588. The summed E-state index contributed by atoms with van der Waals surface area (Å²) in [5, 5.41) is 14.6. The Labute approximate surface area is 126 Å². The summed E-state index contributed by atoms with van der Waals surface area (Å²) in [6.07, 6.45) is 0. The Hall–Kier alpha value is -2.33. The zero-order chi connectivity index (χ0) is 14.7. The molecule has 0 bridgehead atoms. The monoisotopic (exact) mass is 299 g/mol. The van der Waals surface area contributed by atoms with Gasteiger partial charge in [0.25, 0.3) is 0 Å². The zero-order valence-electron chi connectivity index (χ0n) is 11.2. The highest BCUT2D eigenvalue weighted by molar-refractivity contribution is 7.13. The summed E-state index contributed by atoms with van der Waals surface area (Å²) >= 11 is 1.68. The predicted octanol–water partition coefficient (Wildman–Crippen LogP) is 4.87. The first-order valence-electron chi connectivity index (χ1n) is 6.58. The molecule has 0 saturated carbocycles. The molecule has 2 aromatic carbocycles. The molecule has 106 valence electrons. The van der Waals surface area contributed by atoms with E-state index in [4.69, 9.17) is 0 Å². The number of hydrogen-bond acceptors (Lipinski definition) is 3. The van der Waals surface area contributed by atoms with Crippen LogP contribution in [0.4, 0.5) is 10.1 Å². The van der Waals surface area contributed by atoms with Crippen LogP contribution in [0, 0.1) is 5.82 Å². The van der Waals surface area contributed by atoms with Crippen molar-refractivity contribution in [3.05, 3.63) is 71.4 Å².